The number of aryl methyl sites for hydroxylation is 3. The number of rotatable bonds is 4. The summed E-state index contributed by atoms with van der Waals surface area (Å²) in [4.78, 5) is 9.08. The molecular formula is C46H36IrN2O2-2. The monoisotopic (exact) mass is 841 g/mol. The van der Waals surface area contributed by atoms with Gasteiger partial charge in [-0.3, -0.25) is 0 Å². The van der Waals surface area contributed by atoms with Crippen LogP contribution in [0.3, 0.4) is 0 Å². The van der Waals surface area contributed by atoms with Gasteiger partial charge in [0.25, 0.3) is 0 Å². The minimum absolute atomic E-state index is 0. The van der Waals surface area contributed by atoms with Crippen molar-refractivity contribution in [3.8, 4) is 33.6 Å². The molecule has 4 nitrogen and oxygen atoms in total. The predicted molar refractivity (Wildman–Crippen MR) is 205 cm³/mol. The zero-order valence-electron chi connectivity index (χ0n) is 29.2. The summed E-state index contributed by atoms with van der Waals surface area (Å²) in [5.41, 5.74) is 14.5. The summed E-state index contributed by atoms with van der Waals surface area (Å²) in [6.45, 7) is 10.7. The van der Waals surface area contributed by atoms with Gasteiger partial charge in [0, 0.05) is 54.0 Å². The number of aromatic nitrogens is 2. The Labute approximate surface area is 311 Å². The first-order valence-corrected chi connectivity index (χ1v) is 17.0. The average Bonchev–Trinajstić information content (AvgIpc) is 3.72. The molecule has 51 heavy (non-hydrogen) atoms. The molecule has 4 heterocycles. The van der Waals surface area contributed by atoms with Gasteiger partial charge in [0.1, 0.15) is 11.2 Å². The van der Waals surface area contributed by atoms with E-state index >= 15 is 0 Å². The maximum absolute atomic E-state index is 6.49. The molecule has 1 radical (unpaired) electrons. The van der Waals surface area contributed by atoms with E-state index in [-0.39, 0.29) is 26.0 Å². The van der Waals surface area contributed by atoms with E-state index in [9.17, 15) is 0 Å². The minimum Gasteiger partial charge on any atom is -0.452 e. The maximum atomic E-state index is 6.49. The molecule has 0 unspecified atom stereocenters. The van der Waals surface area contributed by atoms with Crippen LogP contribution >= 0.6 is 0 Å². The van der Waals surface area contributed by atoms with Crippen LogP contribution in [0.25, 0.3) is 77.5 Å². The van der Waals surface area contributed by atoms with Crippen molar-refractivity contribution in [2.45, 2.75) is 40.5 Å². The van der Waals surface area contributed by atoms with Gasteiger partial charge in [-0.2, -0.15) is 0 Å². The second-order valence-corrected chi connectivity index (χ2v) is 13.2. The van der Waals surface area contributed by atoms with Gasteiger partial charge in [-0.25, -0.2) is 0 Å². The number of para-hydroxylation sites is 2. The van der Waals surface area contributed by atoms with Crippen LogP contribution < -0.4 is 0 Å². The van der Waals surface area contributed by atoms with Crippen LogP contribution in [0.2, 0.25) is 0 Å². The molecule has 0 amide bonds. The van der Waals surface area contributed by atoms with Crippen molar-refractivity contribution in [3.05, 3.63) is 156 Å². The topological polar surface area (TPSA) is 52.1 Å². The van der Waals surface area contributed by atoms with Crippen molar-refractivity contribution in [2.24, 2.45) is 0 Å². The van der Waals surface area contributed by atoms with E-state index < -0.39 is 0 Å². The molecule has 9 rings (SSSR count). The second kappa shape index (κ2) is 14.1. The molecule has 5 aromatic carbocycles. The third-order valence-corrected chi connectivity index (χ3v) is 9.41. The van der Waals surface area contributed by atoms with Crippen LogP contribution in [-0.2, 0) is 20.1 Å². The molecule has 0 spiro atoms. The fourth-order valence-electron chi connectivity index (χ4n) is 6.78. The van der Waals surface area contributed by atoms with Crippen molar-refractivity contribution in [1.29, 1.82) is 0 Å². The third kappa shape index (κ3) is 6.29. The summed E-state index contributed by atoms with van der Waals surface area (Å²) >= 11 is 0. The molecule has 5 heteroatoms. The number of benzene rings is 5. The molecule has 0 saturated carbocycles. The Kier molecular flexibility index (Phi) is 9.44. The van der Waals surface area contributed by atoms with Crippen molar-refractivity contribution in [3.63, 3.8) is 0 Å². The summed E-state index contributed by atoms with van der Waals surface area (Å²) < 4.78 is 13.0. The van der Waals surface area contributed by atoms with Gasteiger partial charge in [0.2, 0.25) is 0 Å². The summed E-state index contributed by atoms with van der Waals surface area (Å²) in [6, 6.07) is 43.5. The number of pyridine rings is 2. The van der Waals surface area contributed by atoms with E-state index in [0.717, 1.165) is 72.0 Å². The van der Waals surface area contributed by atoms with Crippen molar-refractivity contribution >= 4 is 43.9 Å². The standard InChI is InChI=1S/C32H22NO2.C14H14N.Ir/c1-19(2)27-28(21-16-17-33-24(18-21)20-10-4-3-5-11-20)30-23-13-7-9-15-26(23)35-32(30)31-29(27)22-12-6-8-14-25(22)34-31;1-10-4-6-13(7-5-10)14-8-11(2)12(3)9-15-14;/h3-10,12-19H,1-2H3;4-6,8-9H,1-3H3;/q2*-1;. The van der Waals surface area contributed by atoms with Crippen molar-refractivity contribution in [2.75, 3.05) is 0 Å². The van der Waals surface area contributed by atoms with Gasteiger partial charge in [-0.15, -0.1) is 71.3 Å². The van der Waals surface area contributed by atoms with E-state index in [1.165, 1.54) is 27.8 Å². The molecule has 0 saturated heterocycles. The first kappa shape index (κ1) is 34.1. The third-order valence-electron chi connectivity index (χ3n) is 9.41. The van der Waals surface area contributed by atoms with E-state index in [2.05, 4.69) is 111 Å². The maximum Gasteiger partial charge on any atom is 0.179 e. The Morgan fingerprint density at radius 1 is 0.627 bits per heavy atom. The van der Waals surface area contributed by atoms with Crippen LogP contribution in [0.4, 0.5) is 0 Å². The molecule has 0 atom stereocenters. The van der Waals surface area contributed by atoms with Crippen LogP contribution in [0, 0.1) is 32.9 Å². The summed E-state index contributed by atoms with van der Waals surface area (Å²) in [5, 5.41) is 4.42. The summed E-state index contributed by atoms with van der Waals surface area (Å²) in [5.74, 6) is 0.256. The smallest absolute Gasteiger partial charge is 0.179 e. The molecule has 0 aliphatic heterocycles. The minimum atomic E-state index is 0. The van der Waals surface area contributed by atoms with E-state index in [1.807, 2.05) is 67.0 Å². The molecule has 0 fully saturated rings. The van der Waals surface area contributed by atoms with Gasteiger partial charge in [0.05, 0.1) is 0 Å². The van der Waals surface area contributed by atoms with Crippen molar-refractivity contribution < 1.29 is 28.9 Å². The second-order valence-electron chi connectivity index (χ2n) is 13.2. The molecular weight excluding hydrogens is 805 g/mol. The molecule has 0 aliphatic carbocycles. The Morgan fingerprint density at radius 2 is 1.27 bits per heavy atom. The zero-order valence-corrected chi connectivity index (χ0v) is 31.6. The van der Waals surface area contributed by atoms with Crippen LogP contribution in [0.5, 0.6) is 0 Å². The molecule has 253 valence electrons. The number of nitrogens with zero attached hydrogens (tertiary/aromatic N) is 2. The first-order chi connectivity index (χ1) is 24.4. The van der Waals surface area contributed by atoms with Crippen LogP contribution in [0.15, 0.2) is 130 Å². The average molecular weight is 841 g/mol. The Hall–Kier alpha value is -5.35. The Morgan fingerprint density at radius 3 is 1.92 bits per heavy atom. The normalized spacial score (nSPS) is 11.3. The Bertz CT molecular complexity index is 2650. The molecule has 0 aliphatic rings. The summed E-state index contributed by atoms with van der Waals surface area (Å²) in [7, 11) is 0. The molecule has 0 N–H and O–H groups in total. The van der Waals surface area contributed by atoms with Crippen molar-refractivity contribution in [1.82, 2.24) is 9.97 Å². The first-order valence-electron chi connectivity index (χ1n) is 17.0. The number of hydrogen-bond acceptors (Lipinski definition) is 4. The largest absolute Gasteiger partial charge is 0.452 e. The van der Waals surface area contributed by atoms with Gasteiger partial charge >= 0.3 is 0 Å². The zero-order chi connectivity index (χ0) is 34.4. The fraction of sp³-hybridized carbons (Fsp3) is 0.130. The number of hydrogen-bond donors (Lipinski definition) is 0. The number of furan rings is 2. The van der Waals surface area contributed by atoms with Gasteiger partial charge in [-0.05, 0) is 71.6 Å². The Balaban J connectivity index is 0.000000214. The predicted octanol–water partition coefficient (Wildman–Crippen LogP) is 12.6. The molecule has 0 bridgehead atoms. The van der Waals surface area contributed by atoms with Crippen LogP contribution in [-0.4, -0.2) is 9.97 Å². The van der Waals surface area contributed by atoms with Gasteiger partial charge in [0.15, 0.2) is 11.2 Å². The van der Waals surface area contributed by atoms with Crippen LogP contribution in [0.1, 0.15) is 42.0 Å². The fourth-order valence-corrected chi connectivity index (χ4v) is 6.78. The van der Waals surface area contributed by atoms with Gasteiger partial charge in [-0.1, -0.05) is 74.9 Å². The van der Waals surface area contributed by atoms with E-state index in [4.69, 9.17) is 8.83 Å². The van der Waals surface area contributed by atoms with E-state index in [0.29, 0.717) is 0 Å². The molecule has 9 aromatic rings. The van der Waals surface area contributed by atoms with Gasteiger partial charge < -0.3 is 18.8 Å². The quantitative estimate of drug-likeness (QED) is 0.166. The van der Waals surface area contributed by atoms with E-state index in [1.54, 1.807) is 0 Å². The molecule has 4 aromatic heterocycles. The SMILES string of the molecule is CC(C)c1c(-c2ccnc(-c3[c-]cccc3)c2)c2c3ccccc3oc2c2oc3ccccc3c12.Cc1c[c-]c(-c2cc(C)c(C)cn2)cc1.[Ir]. The number of fused-ring (bicyclic) bond motifs is 7. The summed E-state index contributed by atoms with van der Waals surface area (Å²) in [6.07, 6.45) is 3.81.